The van der Waals surface area contributed by atoms with Gasteiger partial charge in [0.15, 0.2) is 10.1 Å². The molecule has 2 fully saturated rings. The smallest absolute Gasteiger partial charge is 0.274 e. The van der Waals surface area contributed by atoms with Gasteiger partial charge in [-0.15, -0.1) is 11.3 Å². The van der Waals surface area contributed by atoms with Gasteiger partial charge in [-0.3, -0.25) is 14.0 Å². The van der Waals surface area contributed by atoms with Crippen LogP contribution in [0.25, 0.3) is 15.4 Å². The van der Waals surface area contributed by atoms with E-state index in [0.29, 0.717) is 53.1 Å². The Hall–Kier alpha value is -3.24. The first-order chi connectivity index (χ1) is 17.8. The van der Waals surface area contributed by atoms with Crippen LogP contribution in [0.15, 0.2) is 35.8 Å². The lowest BCUT2D eigenvalue weighted by Gasteiger charge is -2.28. The largest absolute Gasteiger partial charge is 0.375 e. The lowest BCUT2D eigenvalue weighted by atomic mass is 9.93. The molecule has 0 radical (unpaired) electrons. The molecule has 1 aromatic carbocycles. The summed E-state index contributed by atoms with van der Waals surface area (Å²) in [6.45, 7) is 7.24. The third-order valence-corrected chi connectivity index (χ3v) is 9.51. The molecule has 192 valence electrons. The topological polar surface area (TPSA) is 106 Å². The second kappa shape index (κ2) is 9.25. The average molecular weight is 535 g/mol. The van der Waals surface area contributed by atoms with Crippen molar-refractivity contribution in [2.75, 3.05) is 18.8 Å². The molecular formula is C27H30N6O2S2. The predicted octanol–water partition coefficient (Wildman–Crippen LogP) is 4.64. The third-order valence-electron chi connectivity index (χ3n) is 7.82. The molecular weight excluding hydrogens is 504 g/mol. The summed E-state index contributed by atoms with van der Waals surface area (Å²) in [6, 6.07) is 7.97. The summed E-state index contributed by atoms with van der Waals surface area (Å²) in [7, 11) is 0. The number of anilines is 1. The normalized spacial score (nSPS) is 23.1. The van der Waals surface area contributed by atoms with Gasteiger partial charge in [0, 0.05) is 24.7 Å². The van der Waals surface area contributed by atoms with Crippen molar-refractivity contribution in [3.05, 3.63) is 58.5 Å². The van der Waals surface area contributed by atoms with Gasteiger partial charge < -0.3 is 16.0 Å². The number of fused-ring (bicyclic) bond motifs is 2. The number of aryl methyl sites for hydroxylation is 2. The highest BCUT2D eigenvalue weighted by Gasteiger charge is 2.48. The molecule has 8 nitrogen and oxygen atoms in total. The lowest BCUT2D eigenvalue weighted by molar-refractivity contribution is 0.0692. The number of nitrogens with zero attached hydrogens (tertiary/aromatic N) is 4. The summed E-state index contributed by atoms with van der Waals surface area (Å²) >= 11 is 2.85. The molecule has 4 aromatic rings. The fourth-order valence-corrected chi connectivity index (χ4v) is 7.87. The molecule has 3 aromatic heterocycles. The van der Waals surface area contributed by atoms with Crippen molar-refractivity contribution < 1.29 is 9.59 Å². The highest BCUT2D eigenvalue weighted by molar-refractivity contribution is 7.19. The minimum absolute atomic E-state index is 0.0918. The molecule has 0 spiro atoms. The van der Waals surface area contributed by atoms with E-state index in [-0.39, 0.29) is 17.9 Å². The number of hydrogen-bond acceptors (Lipinski definition) is 7. The SMILES string of the molecule is Cc1cccc(-c2sc(N)nc2C(=O)N2C[C@@H]3CC(C)C[C@@H]3[C@H]2CNC(=O)c2c(C)nc3sccn23)c1. The number of nitrogen functional groups attached to an aromatic ring is 1. The quantitative estimate of drug-likeness (QED) is 0.388. The van der Waals surface area contributed by atoms with E-state index in [1.807, 2.05) is 52.9 Å². The Morgan fingerprint density at radius 2 is 2.05 bits per heavy atom. The highest BCUT2D eigenvalue weighted by Crippen LogP contribution is 2.46. The van der Waals surface area contributed by atoms with Crippen LogP contribution in [0.1, 0.15) is 52.0 Å². The van der Waals surface area contributed by atoms with Crippen LogP contribution in [0, 0.1) is 31.6 Å². The second-order valence-corrected chi connectivity index (χ2v) is 12.3. The fraction of sp³-hybridized carbons (Fsp3) is 0.407. The number of benzene rings is 1. The number of hydrogen-bond donors (Lipinski definition) is 2. The maximum atomic E-state index is 14.0. The van der Waals surface area contributed by atoms with Crippen molar-refractivity contribution >= 4 is 44.6 Å². The van der Waals surface area contributed by atoms with E-state index in [9.17, 15) is 9.59 Å². The van der Waals surface area contributed by atoms with Gasteiger partial charge in [0.25, 0.3) is 11.8 Å². The van der Waals surface area contributed by atoms with E-state index in [1.54, 1.807) is 0 Å². The number of rotatable bonds is 5. The lowest BCUT2D eigenvalue weighted by Crippen LogP contribution is -2.46. The van der Waals surface area contributed by atoms with Crippen LogP contribution in [0.4, 0.5) is 5.13 Å². The van der Waals surface area contributed by atoms with Gasteiger partial charge in [0.05, 0.1) is 16.6 Å². The monoisotopic (exact) mass is 534 g/mol. The zero-order valence-corrected chi connectivity index (χ0v) is 22.7. The number of carbonyl (C=O) groups excluding carboxylic acids is 2. The van der Waals surface area contributed by atoms with Crippen molar-refractivity contribution in [3.8, 4) is 10.4 Å². The number of imidazole rings is 1. The van der Waals surface area contributed by atoms with Gasteiger partial charge in [0.2, 0.25) is 0 Å². The standard InChI is InChI=1S/C27H30N6O2S2/c1-14-5-4-6-17(9-14)23-21(31-26(28)37-23)25(35)33-13-18-10-15(2)11-19(18)20(33)12-29-24(34)22-16(3)30-27-32(22)7-8-36-27/h4-9,15,18-20H,10-13H2,1-3H3,(H2,28,31)(H,29,34)/t15?,18-,19-,20+/m0/s1. The van der Waals surface area contributed by atoms with Gasteiger partial charge in [-0.05, 0) is 50.0 Å². The summed E-state index contributed by atoms with van der Waals surface area (Å²) in [6.07, 6.45) is 4.02. The summed E-state index contributed by atoms with van der Waals surface area (Å²) in [4.78, 5) is 39.8. The molecule has 1 saturated carbocycles. The minimum Gasteiger partial charge on any atom is -0.375 e. The van der Waals surface area contributed by atoms with Crippen molar-refractivity contribution in [1.29, 1.82) is 0 Å². The van der Waals surface area contributed by atoms with Gasteiger partial charge in [-0.1, -0.05) is 48.1 Å². The van der Waals surface area contributed by atoms with Gasteiger partial charge in [-0.2, -0.15) is 0 Å². The maximum absolute atomic E-state index is 14.0. The molecule has 2 amide bonds. The first-order valence-electron chi connectivity index (χ1n) is 12.6. The number of amides is 2. The third kappa shape index (κ3) is 4.21. The van der Waals surface area contributed by atoms with Crippen molar-refractivity contribution in [2.24, 2.45) is 17.8 Å². The van der Waals surface area contributed by atoms with Crippen LogP contribution < -0.4 is 11.1 Å². The van der Waals surface area contributed by atoms with Crippen LogP contribution in [-0.4, -0.2) is 50.2 Å². The Balaban J connectivity index is 1.28. The summed E-state index contributed by atoms with van der Waals surface area (Å²) < 4.78 is 1.83. The van der Waals surface area contributed by atoms with Crippen LogP contribution in [0.2, 0.25) is 0 Å². The van der Waals surface area contributed by atoms with Gasteiger partial charge in [0.1, 0.15) is 11.4 Å². The Kier molecular flexibility index (Phi) is 6.03. The zero-order chi connectivity index (χ0) is 25.8. The molecule has 6 rings (SSSR count). The number of carbonyl (C=O) groups is 2. The van der Waals surface area contributed by atoms with Crippen LogP contribution in [0.5, 0.6) is 0 Å². The molecule has 37 heavy (non-hydrogen) atoms. The molecule has 1 unspecified atom stereocenters. The molecule has 3 N–H and O–H groups in total. The summed E-state index contributed by atoms with van der Waals surface area (Å²) in [5.74, 6) is 1.13. The van der Waals surface area contributed by atoms with Gasteiger partial charge >= 0.3 is 0 Å². The van der Waals surface area contributed by atoms with E-state index in [1.165, 1.54) is 22.7 Å². The number of nitrogens with one attached hydrogen (secondary N) is 1. The first-order valence-corrected chi connectivity index (χ1v) is 14.3. The number of nitrogens with two attached hydrogens (primary N) is 1. The summed E-state index contributed by atoms with van der Waals surface area (Å²) in [5, 5.41) is 5.45. The summed E-state index contributed by atoms with van der Waals surface area (Å²) in [5.41, 5.74) is 9.84. The Labute approximate surface area is 223 Å². The number of thiazole rings is 2. The van der Waals surface area contributed by atoms with Crippen LogP contribution in [-0.2, 0) is 0 Å². The van der Waals surface area contributed by atoms with Crippen LogP contribution in [0.3, 0.4) is 0 Å². The van der Waals surface area contributed by atoms with E-state index in [2.05, 4.69) is 28.3 Å². The van der Waals surface area contributed by atoms with Crippen LogP contribution >= 0.6 is 22.7 Å². The molecule has 1 saturated heterocycles. The number of aromatic nitrogens is 3. The van der Waals surface area contributed by atoms with Crippen molar-refractivity contribution in [1.82, 2.24) is 24.6 Å². The Morgan fingerprint density at radius 1 is 1.22 bits per heavy atom. The van der Waals surface area contributed by atoms with E-state index in [0.717, 1.165) is 33.8 Å². The molecule has 4 atom stereocenters. The maximum Gasteiger partial charge on any atom is 0.274 e. The van der Waals surface area contributed by atoms with E-state index < -0.39 is 0 Å². The minimum atomic E-state index is -0.163. The second-order valence-electron chi connectivity index (χ2n) is 10.4. The fourth-order valence-electron chi connectivity index (χ4n) is 6.29. The first kappa shape index (κ1) is 24.1. The Bertz CT molecular complexity index is 1500. The zero-order valence-electron chi connectivity index (χ0n) is 21.1. The van der Waals surface area contributed by atoms with Gasteiger partial charge in [-0.25, -0.2) is 9.97 Å². The van der Waals surface area contributed by atoms with E-state index in [4.69, 9.17) is 5.73 Å². The molecule has 1 aliphatic carbocycles. The molecule has 2 aliphatic rings. The van der Waals surface area contributed by atoms with E-state index >= 15 is 0 Å². The highest BCUT2D eigenvalue weighted by atomic mass is 32.1. The molecule has 1 aliphatic heterocycles. The average Bonchev–Trinajstić information content (AvgIpc) is 3.64. The van der Waals surface area contributed by atoms with Crippen molar-refractivity contribution in [3.63, 3.8) is 0 Å². The predicted molar refractivity (Wildman–Crippen MR) is 147 cm³/mol. The number of likely N-dealkylation sites (tertiary alicyclic amines) is 1. The molecule has 10 heteroatoms. The Morgan fingerprint density at radius 3 is 2.86 bits per heavy atom. The molecule has 4 heterocycles. The molecule has 0 bridgehead atoms. The van der Waals surface area contributed by atoms with Crippen molar-refractivity contribution in [2.45, 2.75) is 39.7 Å².